The van der Waals surface area contributed by atoms with Gasteiger partial charge in [0.25, 0.3) is 0 Å². The van der Waals surface area contributed by atoms with Gasteiger partial charge in [0.1, 0.15) is 0 Å². The van der Waals surface area contributed by atoms with E-state index in [-0.39, 0.29) is 11.2 Å². The summed E-state index contributed by atoms with van der Waals surface area (Å²) in [6.45, 7) is 8.62. The third kappa shape index (κ3) is 2.57. The average Bonchev–Trinajstić information content (AvgIpc) is 2.96. The minimum Gasteiger partial charge on any atom is -0.287 e. The van der Waals surface area contributed by atoms with Gasteiger partial charge in [0.05, 0.1) is 9.75 Å². The molecule has 2 heterocycles. The van der Waals surface area contributed by atoms with Gasteiger partial charge in [-0.15, -0.1) is 22.7 Å². The zero-order chi connectivity index (χ0) is 13.3. The van der Waals surface area contributed by atoms with Gasteiger partial charge in [-0.2, -0.15) is 0 Å². The summed E-state index contributed by atoms with van der Waals surface area (Å²) in [7, 11) is 0. The molecular formula is C15H18OS2. The predicted molar refractivity (Wildman–Crippen MR) is 80.1 cm³/mol. The molecule has 0 aliphatic heterocycles. The quantitative estimate of drug-likeness (QED) is 0.730. The van der Waals surface area contributed by atoms with E-state index in [0.717, 1.165) is 21.7 Å². The highest BCUT2D eigenvalue weighted by Crippen LogP contribution is 2.32. The molecule has 0 saturated heterocycles. The van der Waals surface area contributed by atoms with Gasteiger partial charge in [-0.25, -0.2) is 0 Å². The number of thiophene rings is 2. The fourth-order valence-corrected chi connectivity index (χ4v) is 3.81. The lowest BCUT2D eigenvalue weighted by molar-refractivity contribution is 0.104. The van der Waals surface area contributed by atoms with Crippen LogP contribution < -0.4 is 0 Å². The Morgan fingerprint density at radius 2 is 1.94 bits per heavy atom. The molecule has 2 aromatic heterocycles. The molecule has 96 valence electrons. The van der Waals surface area contributed by atoms with Crippen LogP contribution in [0.2, 0.25) is 0 Å². The van der Waals surface area contributed by atoms with Gasteiger partial charge >= 0.3 is 0 Å². The van der Waals surface area contributed by atoms with Crippen molar-refractivity contribution in [2.24, 2.45) is 0 Å². The number of carbonyl (C=O) groups is 1. The summed E-state index contributed by atoms with van der Waals surface area (Å²) in [4.78, 5) is 15.5. The Balaban J connectivity index is 2.33. The first kappa shape index (κ1) is 13.5. The SMILES string of the molecule is CCc1ccsc1C(=O)c1ccc(C(C)(C)C)s1. The lowest BCUT2D eigenvalue weighted by Gasteiger charge is -2.15. The topological polar surface area (TPSA) is 17.1 Å². The minimum absolute atomic E-state index is 0.117. The fourth-order valence-electron chi connectivity index (χ4n) is 1.79. The maximum absolute atomic E-state index is 12.4. The van der Waals surface area contributed by atoms with E-state index in [9.17, 15) is 4.79 Å². The zero-order valence-electron chi connectivity index (χ0n) is 11.2. The van der Waals surface area contributed by atoms with Crippen LogP contribution in [0, 0.1) is 0 Å². The molecule has 18 heavy (non-hydrogen) atoms. The largest absolute Gasteiger partial charge is 0.287 e. The first-order valence-electron chi connectivity index (χ1n) is 6.15. The summed E-state index contributed by atoms with van der Waals surface area (Å²) in [6, 6.07) is 6.10. The van der Waals surface area contributed by atoms with E-state index in [1.807, 2.05) is 11.4 Å². The summed E-state index contributed by atoms with van der Waals surface area (Å²) in [6.07, 6.45) is 0.919. The third-order valence-corrected chi connectivity index (χ3v) is 5.37. The van der Waals surface area contributed by atoms with Crippen LogP contribution in [0.1, 0.15) is 52.7 Å². The molecule has 0 bridgehead atoms. The predicted octanol–water partition coefficient (Wildman–Crippen LogP) is 4.90. The van der Waals surface area contributed by atoms with Crippen molar-refractivity contribution in [1.29, 1.82) is 0 Å². The molecule has 0 aliphatic carbocycles. The van der Waals surface area contributed by atoms with Crippen molar-refractivity contribution in [3.05, 3.63) is 43.8 Å². The summed E-state index contributed by atoms with van der Waals surface area (Å²) in [5, 5.41) is 2.00. The molecule has 0 N–H and O–H groups in total. The Morgan fingerprint density at radius 1 is 1.22 bits per heavy atom. The molecule has 0 fully saturated rings. The second kappa shape index (κ2) is 4.98. The molecule has 0 unspecified atom stereocenters. The molecule has 0 spiro atoms. The normalized spacial score (nSPS) is 11.8. The minimum atomic E-state index is 0.117. The Hall–Kier alpha value is -0.930. The highest BCUT2D eigenvalue weighted by atomic mass is 32.1. The van der Waals surface area contributed by atoms with Crippen LogP contribution >= 0.6 is 22.7 Å². The van der Waals surface area contributed by atoms with E-state index >= 15 is 0 Å². The van der Waals surface area contributed by atoms with Crippen molar-refractivity contribution >= 4 is 28.5 Å². The van der Waals surface area contributed by atoms with Crippen LogP contribution in [0.4, 0.5) is 0 Å². The second-order valence-electron chi connectivity index (χ2n) is 5.37. The van der Waals surface area contributed by atoms with Gasteiger partial charge in [-0.05, 0) is 41.0 Å². The molecule has 2 rings (SSSR count). The monoisotopic (exact) mass is 278 g/mol. The Labute approximate surface area is 116 Å². The second-order valence-corrected chi connectivity index (χ2v) is 7.37. The fraction of sp³-hybridized carbons (Fsp3) is 0.400. The van der Waals surface area contributed by atoms with E-state index < -0.39 is 0 Å². The Bertz CT molecular complexity index is 555. The molecule has 0 atom stereocenters. The van der Waals surface area contributed by atoms with Gasteiger partial charge < -0.3 is 0 Å². The zero-order valence-corrected chi connectivity index (χ0v) is 12.9. The van der Waals surface area contributed by atoms with Gasteiger partial charge in [-0.1, -0.05) is 27.7 Å². The van der Waals surface area contributed by atoms with E-state index in [1.54, 1.807) is 22.7 Å². The van der Waals surface area contributed by atoms with Crippen LogP contribution in [0.15, 0.2) is 23.6 Å². The van der Waals surface area contributed by atoms with Crippen LogP contribution in [0.5, 0.6) is 0 Å². The van der Waals surface area contributed by atoms with Gasteiger partial charge in [0.2, 0.25) is 5.78 Å². The average molecular weight is 278 g/mol. The summed E-state index contributed by atoms with van der Waals surface area (Å²) in [5.74, 6) is 0.183. The van der Waals surface area contributed by atoms with Gasteiger partial charge in [-0.3, -0.25) is 4.79 Å². The lowest BCUT2D eigenvalue weighted by Crippen LogP contribution is -2.08. The number of hydrogen-bond donors (Lipinski definition) is 0. The van der Waals surface area contributed by atoms with Crippen LogP contribution in [-0.2, 0) is 11.8 Å². The molecule has 2 aromatic rings. The maximum Gasteiger partial charge on any atom is 0.213 e. The Morgan fingerprint density at radius 3 is 2.50 bits per heavy atom. The molecule has 0 aliphatic rings. The summed E-state index contributed by atoms with van der Waals surface area (Å²) >= 11 is 3.17. The Kier molecular flexibility index (Phi) is 3.74. The van der Waals surface area contributed by atoms with Gasteiger partial charge in [0.15, 0.2) is 0 Å². The maximum atomic E-state index is 12.4. The van der Waals surface area contributed by atoms with Crippen molar-refractivity contribution < 1.29 is 4.79 Å². The van der Waals surface area contributed by atoms with Crippen molar-refractivity contribution in [3.63, 3.8) is 0 Å². The molecule has 0 amide bonds. The number of ketones is 1. The number of rotatable bonds is 3. The molecule has 3 heteroatoms. The first-order valence-corrected chi connectivity index (χ1v) is 7.84. The molecule has 0 aromatic carbocycles. The molecule has 0 radical (unpaired) electrons. The molecular weight excluding hydrogens is 260 g/mol. The number of aryl methyl sites for hydroxylation is 1. The van der Waals surface area contributed by atoms with Crippen LogP contribution in [-0.4, -0.2) is 5.78 Å². The first-order chi connectivity index (χ1) is 8.43. The van der Waals surface area contributed by atoms with Crippen LogP contribution in [0.3, 0.4) is 0 Å². The van der Waals surface area contributed by atoms with E-state index in [1.165, 1.54) is 4.88 Å². The summed E-state index contributed by atoms with van der Waals surface area (Å²) in [5.41, 5.74) is 1.28. The molecule has 0 saturated carbocycles. The van der Waals surface area contributed by atoms with E-state index in [2.05, 4.69) is 39.8 Å². The smallest absolute Gasteiger partial charge is 0.213 e. The van der Waals surface area contributed by atoms with E-state index in [0.29, 0.717) is 0 Å². The van der Waals surface area contributed by atoms with E-state index in [4.69, 9.17) is 0 Å². The van der Waals surface area contributed by atoms with Crippen LogP contribution in [0.25, 0.3) is 0 Å². The molecule has 1 nitrogen and oxygen atoms in total. The van der Waals surface area contributed by atoms with Crippen molar-refractivity contribution in [2.75, 3.05) is 0 Å². The highest BCUT2D eigenvalue weighted by molar-refractivity contribution is 7.17. The summed E-state index contributed by atoms with van der Waals surface area (Å²) < 4.78 is 0. The lowest BCUT2D eigenvalue weighted by atomic mass is 9.95. The van der Waals surface area contributed by atoms with Crippen molar-refractivity contribution in [3.8, 4) is 0 Å². The van der Waals surface area contributed by atoms with Crippen molar-refractivity contribution in [2.45, 2.75) is 39.5 Å². The number of carbonyl (C=O) groups excluding carboxylic acids is 1. The highest BCUT2D eigenvalue weighted by Gasteiger charge is 2.20. The van der Waals surface area contributed by atoms with Gasteiger partial charge in [0, 0.05) is 4.88 Å². The standard InChI is InChI=1S/C15H18OS2/c1-5-10-8-9-17-14(10)13(16)11-6-7-12(18-11)15(2,3)4/h6-9H,5H2,1-4H3. The van der Waals surface area contributed by atoms with Crippen molar-refractivity contribution in [1.82, 2.24) is 0 Å². The number of hydrogen-bond acceptors (Lipinski definition) is 3. The third-order valence-electron chi connectivity index (χ3n) is 2.90.